The number of phenolic OH excluding ortho intramolecular Hbond substituents is 1. The van der Waals surface area contributed by atoms with E-state index >= 15 is 0 Å². The quantitative estimate of drug-likeness (QED) is 0.816. The Bertz CT molecular complexity index is 614. The molecule has 0 aliphatic rings. The number of hydrogen-bond acceptors (Lipinski definition) is 3. The van der Waals surface area contributed by atoms with Gasteiger partial charge in [-0.2, -0.15) is 0 Å². The van der Waals surface area contributed by atoms with E-state index in [4.69, 9.17) is 4.74 Å². The van der Waals surface area contributed by atoms with Crippen LogP contribution in [0.5, 0.6) is 5.75 Å². The number of anilines is 1. The monoisotopic (exact) mass is 259 g/mol. The standard InChI is InChI=1S/C15H17NO3/c1-15(2,3)19-14(18)16-12-6-4-11-9-13(17)7-5-10(11)8-12/h4-9,17H,1-3H3,(H,16,18). The molecule has 2 rings (SSSR count). The number of rotatable bonds is 1. The largest absolute Gasteiger partial charge is 0.508 e. The summed E-state index contributed by atoms with van der Waals surface area (Å²) >= 11 is 0. The molecule has 0 fully saturated rings. The molecule has 2 aromatic carbocycles. The molecule has 0 aromatic heterocycles. The van der Waals surface area contributed by atoms with Gasteiger partial charge in [0.05, 0.1) is 0 Å². The number of ether oxygens (including phenoxy) is 1. The van der Waals surface area contributed by atoms with Crippen molar-refractivity contribution in [2.75, 3.05) is 5.32 Å². The summed E-state index contributed by atoms with van der Waals surface area (Å²) in [6.45, 7) is 5.45. The van der Waals surface area contributed by atoms with E-state index in [0.29, 0.717) is 5.69 Å². The van der Waals surface area contributed by atoms with Gasteiger partial charge in [-0.3, -0.25) is 5.32 Å². The molecule has 19 heavy (non-hydrogen) atoms. The van der Waals surface area contributed by atoms with E-state index < -0.39 is 11.7 Å². The zero-order valence-electron chi connectivity index (χ0n) is 11.2. The smallest absolute Gasteiger partial charge is 0.412 e. The Morgan fingerprint density at radius 1 is 1.11 bits per heavy atom. The lowest BCUT2D eigenvalue weighted by atomic mass is 10.1. The molecule has 4 heteroatoms. The summed E-state index contributed by atoms with van der Waals surface area (Å²) in [5, 5.41) is 13.9. The van der Waals surface area contributed by atoms with Crippen LogP contribution in [0.3, 0.4) is 0 Å². The Morgan fingerprint density at radius 2 is 1.74 bits per heavy atom. The van der Waals surface area contributed by atoms with E-state index in [9.17, 15) is 9.90 Å². The van der Waals surface area contributed by atoms with Crippen molar-refractivity contribution in [3.05, 3.63) is 36.4 Å². The minimum Gasteiger partial charge on any atom is -0.508 e. The zero-order valence-corrected chi connectivity index (χ0v) is 11.2. The van der Waals surface area contributed by atoms with Crippen LogP contribution in [0, 0.1) is 0 Å². The first-order valence-corrected chi connectivity index (χ1v) is 6.06. The minimum atomic E-state index is -0.521. The number of benzene rings is 2. The lowest BCUT2D eigenvalue weighted by Crippen LogP contribution is -2.27. The van der Waals surface area contributed by atoms with Crippen molar-refractivity contribution in [3.8, 4) is 5.75 Å². The molecule has 2 N–H and O–H groups in total. The van der Waals surface area contributed by atoms with Crippen LogP contribution in [0.15, 0.2) is 36.4 Å². The molecular weight excluding hydrogens is 242 g/mol. The first kappa shape index (κ1) is 13.2. The summed E-state index contributed by atoms with van der Waals surface area (Å²) in [5.74, 6) is 0.223. The highest BCUT2D eigenvalue weighted by atomic mass is 16.6. The van der Waals surface area contributed by atoms with E-state index in [2.05, 4.69) is 5.32 Å². The Balaban J connectivity index is 2.18. The molecule has 1 amide bonds. The van der Waals surface area contributed by atoms with Gasteiger partial charge in [-0.25, -0.2) is 4.79 Å². The summed E-state index contributed by atoms with van der Waals surface area (Å²) in [6, 6.07) is 10.5. The number of phenols is 1. The molecule has 0 saturated carbocycles. The maximum absolute atomic E-state index is 11.6. The number of nitrogens with one attached hydrogen (secondary N) is 1. The van der Waals surface area contributed by atoms with E-state index in [1.54, 1.807) is 24.3 Å². The molecule has 100 valence electrons. The summed E-state index contributed by atoms with van der Waals surface area (Å²) in [5.41, 5.74) is 0.139. The maximum atomic E-state index is 11.6. The van der Waals surface area contributed by atoms with Crippen molar-refractivity contribution in [1.82, 2.24) is 0 Å². The van der Waals surface area contributed by atoms with Crippen LogP contribution >= 0.6 is 0 Å². The van der Waals surface area contributed by atoms with Gasteiger partial charge in [0.2, 0.25) is 0 Å². The number of fused-ring (bicyclic) bond motifs is 1. The Labute approximate surface area is 112 Å². The van der Waals surface area contributed by atoms with E-state index in [1.165, 1.54) is 0 Å². The van der Waals surface area contributed by atoms with Crippen molar-refractivity contribution < 1.29 is 14.6 Å². The maximum Gasteiger partial charge on any atom is 0.412 e. The third-order valence-electron chi connectivity index (χ3n) is 2.47. The lowest BCUT2D eigenvalue weighted by molar-refractivity contribution is 0.0636. The summed E-state index contributed by atoms with van der Waals surface area (Å²) in [6.07, 6.45) is -0.481. The fraction of sp³-hybridized carbons (Fsp3) is 0.267. The second-order valence-electron chi connectivity index (χ2n) is 5.37. The number of carbonyl (C=O) groups is 1. The predicted molar refractivity (Wildman–Crippen MR) is 75.5 cm³/mol. The van der Waals surface area contributed by atoms with Gasteiger partial charge in [-0.15, -0.1) is 0 Å². The Hall–Kier alpha value is -2.23. The molecule has 0 heterocycles. The second kappa shape index (κ2) is 4.80. The highest BCUT2D eigenvalue weighted by Gasteiger charge is 2.16. The van der Waals surface area contributed by atoms with Crippen LogP contribution in [0.1, 0.15) is 20.8 Å². The summed E-state index contributed by atoms with van der Waals surface area (Å²) < 4.78 is 5.18. The molecule has 0 atom stereocenters. The molecule has 0 radical (unpaired) electrons. The highest BCUT2D eigenvalue weighted by molar-refractivity contribution is 5.91. The molecule has 0 saturated heterocycles. The number of carbonyl (C=O) groups excluding carboxylic acids is 1. The van der Waals surface area contributed by atoms with Gasteiger partial charge >= 0.3 is 6.09 Å². The van der Waals surface area contributed by atoms with Crippen molar-refractivity contribution in [1.29, 1.82) is 0 Å². The van der Waals surface area contributed by atoms with E-state index in [0.717, 1.165) is 10.8 Å². The van der Waals surface area contributed by atoms with Crippen molar-refractivity contribution in [2.45, 2.75) is 26.4 Å². The van der Waals surface area contributed by atoms with Crippen LogP contribution in [0.2, 0.25) is 0 Å². The van der Waals surface area contributed by atoms with Gasteiger partial charge in [-0.05, 0) is 55.8 Å². The van der Waals surface area contributed by atoms with Crippen molar-refractivity contribution in [3.63, 3.8) is 0 Å². The van der Waals surface area contributed by atoms with Crippen LogP contribution in [-0.4, -0.2) is 16.8 Å². The van der Waals surface area contributed by atoms with Crippen LogP contribution in [-0.2, 0) is 4.74 Å². The molecule has 2 aromatic rings. The average molecular weight is 259 g/mol. The molecule has 0 aliphatic heterocycles. The number of amides is 1. The minimum absolute atomic E-state index is 0.223. The molecule has 4 nitrogen and oxygen atoms in total. The normalized spacial score (nSPS) is 11.3. The fourth-order valence-electron chi connectivity index (χ4n) is 1.73. The Morgan fingerprint density at radius 3 is 2.42 bits per heavy atom. The predicted octanol–water partition coefficient (Wildman–Crippen LogP) is 3.89. The molecule has 0 spiro atoms. The number of hydrogen-bond donors (Lipinski definition) is 2. The van der Waals surface area contributed by atoms with Gasteiger partial charge in [-0.1, -0.05) is 12.1 Å². The summed E-state index contributed by atoms with van der Waals surface area (Å²) in [7, 11) is 0. The van der Waals surface area contributed by atoms with Crippen LogP contribution < -0.4 is 5.32 Å². The third-order valence-corrected chi connectivity index (χ3v) is 2.47. The van der Waals surface area contributed by atoms with Crippen LogP contribution in [0.25, 0.3) is 10.8 Å². The van der Waals surface area contributed by atoms with Crippen molar-refractivity contribution in [2.24, 2.45) is 0 Å². The number of aromatic hydroxyl groups is 1. The molecule has 0 aliphatic carbocycles. The van der Waals surface area contributed by atoms with Gasteiger partial charge < -0.3 is 9.84 Å². The topological polar surface area (TPSA) is 58.6 Å². The van der Waals surface area contributed by atoms with Gasteiger partial charge in [0.15, 0.2) is 0 Å². The van der Waals surface area contributed by atoms with Gasteiger partial charge in [0.25, 0.3) is 0 Å². The fourth-order valence-corrected chi connectivity index (χ4v) is 1.73. The van der Waals surface area contributed by atoms with Crippen LogP contribution in [0.4, 0.5) is 10.5 Å². The third kappa shape index (κ3) is 3.61. The molecule has 0 bridgehead atoms. The average Bonchev–Trinajstić information content (AvgIpc) is 2.26. The lowest BCUT2D eigenvalue weighted by Gasteiger charge is -2.19. The van der Waals surface area contributed by atoms with E-state index in [-0.39, 0.29) is 5.75 Å². The first-order valence-electron chi connectivity index (χ1n) is 6.06. The molecule has 0 unspecified atom stereocenters. The molecular formula is C15H17NO3. The van der Waals surface area contributed by atoms with Gasteiger partial charge in [0, 0.05) is 5.69 Å². The Kier molecular flexibility index (Phi) is 3.34. The summed E-state index contributed by atoms with van der Waals surface area (Å²) in [4.78, 5) is 11.6. The highest BCUT2D eigenvalue weighted by Crippen LogP contribution is 2.23. The second-order valence-corrected chi connectivity index (χ2v) is 5.37. The zero-order chi connectivity index (χ0) is 14.0. The van der Waals surface area contributed by atoms with E-state index in [1.807, 2.05) is 32.9 Å². The first-order chi connectivity index (χ1) is 8.83. The van der Waals surface area contributed by atoms with Crippen molar-refractivity contribution >= 4 is 22.6 Å². The van der Waals surface area contributed by atoms with Gasteiger partial charge in [0.1, 0.15) is 11.4 Å². The SMILES string of the molecule is CC(C)(C)OC(=O)Nc1ccc2cc(O)ccc2c1.